The maximum Gasteiger partial charge on any atom is 0.410 e. The molecule has 1 aromatic rings. The number of carbonyl (C=O) groups is 1. The lowest BCUT2D eigenvalue weighted by atomic mass is 10.1. The van der Waals surface area contributed by atoms with E-state index in [1.807, 2.05) is 0 Å². The highest BCUT2D eigenvalue weighted by molar-refractivity contribution is 5.68. The Morgan fingerprint density at radius 3 is 2.35 bits per heavy atom. The minimum atomic E-state index is -0.763. The Morgan fingerprint density at radius 1 is 1.22 bits per heavy atom. The minimum Gasteiger partial charge on any atom is -0.444 e. The molecule has 1 amide bonds. The van der Waals surface area contributed by atoms with Gasteiger partial charge in [0.25, 0.3) is 0 Å². The third-order valence-electron chi connectivity index (χ3n) is 3.60. The predicted octanol–water partition coefficient (Wildman–Crippen LogP) is 2.51. The molecule has 0 aliphatic carbocycles. The van der Waals surface area contributed by atoms with E-state index in [9.17, 15) is 13.6 Å². The largest absolute Gasteiger partial charge is 0.444 e. The number of amides is 1. The fraction of sp³-hybridized carbons (Fsp3) is 0.562. The number of aliphatic hydroxyl groups is 1. The van der Waals surface area contributed by atoms with E-state index in [1.54, 1.807) is 30.6 Å². The number of piperazine rings is 1. The monoisotopic (exact) mass is 328 g/mol. The first-order valence-corrected chi connectivity index (χ1v) is 7.53. The van der Waals surface area contributed by atoms with E-state index in [4.69, 9.17) is 9.84 Å². The molecule has 1 aromatic carbocycles. The zero-order chi connectivity index (χ0) is 17.2. The Morgan fingerprint density at radius 2 is 1.83 bits per heavy atom. The molecule has 0 saturated carbocycles. The lowest BCUT2D eigenvalue weighted by molar-refractivity contribution is 0.0240. The van der Waals surface area contributed by atoms with E-state index >= 15 is 0 Å². The van der Waals surface area contributed by atoms with Crippen LogP contribution in [-0.4, -0.2) is 47.9 Å². The summed E-state index contributed by atoms with van der Waals surface area (Å²) < 4.78 is 33.0. The molecule has 0 radical (unpaired) electrons. The van der Waals surface area contributed by atoms with Crippen LogP contribution in [0.15, 0.2) is 12.1 Å². The van der Waals surface area contributed by atoms with Gasteiger partial charge < -0.3 is 19.6 Å². The van der Waals surface area contributed by atoms with Crippen LogP contribution in [0, 0.1) is 11.6 Å². The van der Waals surface area contributed by atoms with Crippen molar-refractivity contribution in [3.8, 4) is 0 Å². The number of halogens is 2. The highest BCUT2D eigenvalue weighted by Crippen LogP contribution is 2.26. The van der Waals surface area contributed by atoms with Crippen molar-refractivity contribution in [3.05, 3.63) is 29.3 Å². The number of carbonyl (C=O) groups excluding carboxylic acids is 1. The number of nitrogens with zero attached hydrogens (tertiary/aromatic N) is 2. The van der Waals surface area contributed by atoms with Gasteiger partial charge >= 0.3 is 6.09 Å². The number of ether oxygens (including phenoxy) is 1. The Hall–Kier alpha value is -1.89. The van der Waals surface area contributed by atoms with Crippen LogP contribution >= 0.6 is 0 Å². The molecule has 7 heteroatoms. The average Bonchev–Trinajstić information content (AvgIpc) is 2.46. The summed E-state index contributed by atoms with van der Waals surface area (Å²) in [5, 5.41) is 9.08. The van der Waals surface area contributed by atoms with Crippen LogP contribution in [0.4, 0.5) is 19.3 Å². The predicted molar refractivity (Wildman–Crippen MR) is 82.3 cm³/mol. The molecule has 128 valence electrons. The van der Waals surface area contributed by atoms with E-state index in [1.165, 1.54) is 6.07 Å². The molecule has 1 heterocycles. The summed E-state index contributed by atoms with van der Waals surface area (Å²) in [6.07, 6.45) is -0.396. The second-order valence-electron chi connectivity index (χ2n) is 6.47. The number of rotatable bonds is 2. The fourth-order valence-corrected chi connectivity index (χ4v) is 2.43. The maximum absolute atomic E-state index is 14.2. The second-order valence-corrected chi connectivity index (χ2v) is 6.47. The number of benzene rings is 1. The Bertz CT molecular complexity index is 579. The highest BCUT2D eigenvalue weighted by Gasteiger charge is 2.27. The molecule has 0 unspecified atom stereocenters. The van der Waals surface area contributed by atoms with Gasteiger partial charge in [-0.1, -0.05) is 0 Å². The van der Waals surface area contributed by atoms with Crippen molar-refractivity contribution in [2.75, 3.05) is 31.1 Å². The maximum atomic E-state index is 14.2. The summed E-state index contributed by atoms with van der Waals surface area (Å²) in [5.41, 5.74) is -0.663. The zero-order valence-corrected chi connectivity index (χ0v) is 13.6. The summed E-state index contributed by atoms with van der Waals surface area (Å²) in [6, 6.07) is 2.50. The van der Waals surface area contributed by atoms with Gasteiger partial charge in [-0.2, -0.15) is 0 Å². The Labute approximate surface area is 134 Å². The molecule has 1 saturated heterocycles. The zero-order valence-electron chi connectivity index (χ0n) is 13.6. The molecular formula is C16H22F2N2O3. The van der Waals surface area contributed by atoms with Crippen molar-refractivity contribution in [3.63, 3.8) is 0 Å². The van der Waals surface area contributed by atoms with Crippen molar-refractivity contribution in [1.29, 1.82) is 0 Å². The molecule has 5 nitrogen and oxygen atoms in total. The minimum absolute atomic E-state index is 0.235. The van der Waals surface area contributed by atoms with Gasteiger partial charge in [-0.15, -0.1) is 0 Å². The fourth-order valence-electron chi connectivity index (χ4n) is 2.43. The third kappa shape index (κ3) is 4.10. The molecular weight excluding hydrogens is 306 g/mol. The first kappa shape index (κ1) is 17.5. The van der Waals surface area contributed by atoms with Crippen LogP contribution < -0.4 is 4.90 Å². The van der Waals surface area contributed by atoms with Gasteiger partial charge in [-0.3, -0.25) is 0 Å². The molecule has 1 aliphatic heterocycles. The van der Waals surface area contributed by atoms with Crippen molar-refractivity contribution in [2.45, 2.75) is 33.0 Å². The second kappa shape index (κ2) is 6.70. The number of hydrogen-bond acceptors (Lipinski definition) is 4. The van der Waals surface area contributed by atoms with Gasteiger partial charge in [0.05, 0.1) is 17.9 Å². The van der Waals surface area contributed by atoms with Crippen LogP contribution in [0.3, 0.4) is 0 Å². The highest BCUT2D eigenvalue weighted by atomic mass is 19.1. The number of aliphatic hydroxyl groups excluding tert-OH is 1. The van der Waals surface area contributed by atoms with Gasteiger partial charge in [-0.25, -0.2) is 13.6 Å². The van der Waals surface area contributed by atoms with Crippen LogP contribution in [0.2, 0.25) is 0 Å². The van der Waals surface area contributed by atoms with E-state index < -0.39 is 29.9 Å². The number of hydrogen-bond donors (Lipinski definition) is 1. The van der Waals surface area contributed by atoms with E-state index in [-0.39, 0.29) is 11.3 Å². The summed E-state index contributed by atoms with van der Waals surface area (Å²) in [4.78, 5) is 15.3. The van der Waals surface area contributed by atoms with Gasteiger partial charge in [0.2, 0.25) is 0 Å². The van der Waals surface area contributed by atoms with Crippen molar-refractivity contribution < 1.29 is 23.4 Å². The van der Waals surface area contributed by atoms with Gasteiger partial charge in [0.15, 0.2) is 5.82 Å². The molecule has 1 aliphatic rings. The molecule has 0 spiro atoms. The lowest BCUT2D eigenvalue weighted by Gasteiger charge is -2.37. The van der Waals surface area contributed by atoms with Gasteiger partial charge in [-0.05, 0) is 32.9 Å². The molecule has 1 N–H and O–H groups in total. The molecule has 0 aromatic heterocycles. The van der Waals surface area contributed by atoms with Gasteiger partial charge in [0, 0.05) is 26.2 Å². The number of anilines is 1. The van der Waals surface area contributed by atoms with Gasteiger partial charge in [0.1, 0.15) is 11.4 Å². The Balaban J connectivity index is 2.04. The van der Waals surface area contributed by atoms with Crippen LogP contribution in [0.25, 0.3) is 0 Å². The lowest BCUT2D eigenvalue weighted by Crippen LogP contribution is -2.50. The summed E-state index contributed by atoms with van der Waals surface area (Å²) >= 11 is 0. The molecule has 0 atom stereocenters. The topological polar surface area (TPSA) is 53.0 Å². The van der Waals surface area contributed by atoms with E-state index in [2.05, 4.69) is 0 Å². The van der Waals surface area contributed by atoms with Crippen molar-refractivity contribution in [2.24, 2.45) is 0 Å². The molecule has 23 heavy (non-hydrogen) atoms. The third-order valence-corrected chi connectivity index (χ3v) is 3.60. The normalized spacial score (nSPS) is 15.7. The smallest absolute Gasteiger partial charge is 0.410 e. The van der Waals surface area contributed by atoms with Crippen LogP contribution in [0.5, 0.6) is 0 Å². The van der Waals surface area contributed by atoms with E-state index in [0.717, 1.165) is 6.07 Å². The van der Waals surface area contributed by atoms with Crippen molar-refractivity contribution >= 4 is 11.8 Å². The quantitative estimate of drug-likeness (QED) is 0.906. The first-order valence-electron chi connectivity index (χ1n) is 7.53. The van der Waals surface area contributed by atoms with Crippen LogP contribution in [0.1, 0.15) is 26.3 Å². The van der Waals surface area contributed by atoms with E-state index in [0.29, 0.717) is 26.2 Å². The first-order chi connectivity index (χ1) is 10.7. The summed E-state index contributed by atoms with van der Waals surface area (Å²) in [6.45, 7) is 6.30. The summed E-state index contributed by atoms with van der Waals surface area (Å²) in [7, 11) is 0. The summed E-state index contributed by atoms with van der Waals surface area (Å²) in [5.74, 6) is -1.51. The molecule has 0 bridgehead atoms. The Kier molecular flexibility index (Phi) is 5.09. The molecule has 2 rings (SSSR count). The van der Waals surface area contributed by atoms with Crippen LogP contribution in [-0.2, 0) is 11.3 Å². The average molecular weight is 328 g/mol. The SMILES string of the molecule is CC(C)(C)OC(=O)N1CCN(c2ccc(F)c(CO)c2F)CC1. The van der Waals surface area contributed by atoms with Crippen molar-refractivity contribution in [1.82, 2.24) is 4.90 Å². The standard InChI is InChI=1S/C16H22F2N2O3/c1-16(2,3)23-15(22)20-8-6-19(7-9-20)13-5-4-12(17)11(10-21)14(13)18/h4-5,21H,6-10H2,1-3H3. The molecule has 1 fully saturated rings.